The van der Waals surface area contributed by atoms with E-state index in [0.29, 0.717) is 32.1 Å². The van der Waals surface area contributed by atoms with Crippen LogP contribution in [-0.4, -0.2) is 101 Å². The molecule has 0 unspecified atom stereocenters. The number of fused-ring (bicyclic) bond motifs is 2. The van der Waals surface area contributed by atoms with Gasteiger partial charge in [-0.2, -0.15) is 0 Å². The number of carbonyl (C=O) groups excluding carboxylic acids is 2. The Labute approximate surface area is 418 Å². The average molecular weight is 999 g/mol. The van der Waals surface area contributed by atoms with Crippen LogP contribution < -0.4 is 40.9 Å². The Kier molecular flexibility index (Phi) is 18.8. The molecule has 0 spiro atoms. The molecule has 2 aromatic carbocycles. The number of carbonyl (C=O) groups is 3. The molecule has 0 radical (unpaired) electrons. The lowest BCUT2D eigenvalue weighted by Crippen LogP contribution is -2.37. The summed E-state index contributed by atoms with van der Waals surface area (Å²) in [6, 6.07) is 19.8. The number of rotatable bonds is 11. The van der Waals surface area contributed by atoms with Crippen LogP contribution in [0, 0.1) is 0 Å². The zero-order chi connectivity index (χ0) is 52.4. The number of pyridine rings is 2. The van der Waals surface area contributed by atoms with E-state index < -0.39 is 11.9 Å². The first kappa shape index (κ1) is 53.3. The molecule has 0 atom stereocenters. The van der Waals surface area contributed by atoms with Gasteiger partial charge in [0.15, 0.2) is 11.4 Å². The van der Waals surface area contributed by atoms with E-state index in [9.17, 15) is 28.8 Å². The summed E-state index contributed by atoms with van der Waals surface area (Å²) >= 11 is 0. The summed E-state index contributed by atoms with van der Waals surface area (Å²) in [7, 11) is 9.10. The summed E-state index contributed by atoms with van der Waals surface area (Å²) in [5, 5.41) is 11.8. The van der Waals surface area contributed by atoms with E-state index in [1.54, 1.807) is 38.6 Å². The van der Waals surface area contributed by atoms with E-state index in [4.69, 9.17) is 24.1 Å². The predicted molar refractivity (Wildman–Crippen MR) is 264 cm³/mol. The number of aryl methyl sites for hydroxylation is 3. The number of ether oxygens (including phenoxy) is 5. The molecule has 22 heteroatoms. The van der Waals surface area contributed by atoms with Gasteiger partial charge in [-0.15, -0.1) is 0 Å². The van der Waals surface area contributed by atoms with Gasteiger partial charge in [-0.1, -0.05) is 12.1 Å². The first-order chi connectivity index (χ1) is 35.1. The van der Waals surface area contributed by atoms with Crippen molar-refractivity contribution in [1.29, 1.82) is 0 Å². The lowest BCUT2D eigenvalue weighted by atomic mass is 9.99. The summed E-state index contributed by atoms with van der Waals surface area (Å²) in [5.41, 5.74) is 6.09. The molecule has 0 saturated carbocycles. The Balaban J connectivity index is 0.000000173. The summed E-state index contributed by atoms with van der Waals surface area (Å²) in [4.78, 5) is 88.4. The number of esters is 1. The minimum atomic E-state index is -1.14. The minimum absolute atomic E-state index is 0.125. The molecule has 1 amide bonds. The molecule has 7 heterocycles. The Morgan fingerprint density at radius 2 is 1.05 bits per heavy atom. The zero-order valence-electron chi connectivity index (χ0n) is 41.0. The van der Waals surface area contributed by atoms with E-state index in [2.05, 4.69) is 47.1 Å². The number of nitrogens with zero attached hydrogens (tertiary/aromatic N) is 9. The van der Waals surface area contributed by atoms with Gasteiger partial charge in [0.2, 0.25) is 0 Å². The highest BCUT2D eigenvalue weighted by Crippen LogP contribution is 2.26. The van der Waals surface area contributed by atoms with Crippen LogP contribution in [0.25, 0.3) is 0 Å². The van der Waals surface area contributed by atoms with Crippen LogP contribution in [0.3, 0.4) is 0 Å². The molecule has 2 N–H and O–H groups in total. The van der Waals surface area contributed by atoms with E-state index in [1.807, 2.05) is 48.5 Å². The van der Waals surface area contributed by atoms with E-state index in [-0.39, 0.29) is 39.7 Å². The molecule has 380 valence electrons. The SMILES string of the molecule is COC(=O)c1cn(C)c(=O)cn1.COc1ccc(COc2ccc3c(c2)CN(C(=O)c2cn(C)c(=O)cn2)CC3)nc1.COc1ccc(COc2ccc3c(c2)CNCC3)nc1.Cn1cc(C(=O)O)ncc1=O. The van der Waals surface area contributed by atoms with Gasteiger partial charge >= 0.3 is 11.9 Å². The van der Waals surface area contributed by atoms with E-state index in [1.165, 1.54) is 71.8 Å². The first-order valence-electron chi connectivity index (χ1n) is 22.5. The maximum absolute atomic E-state index is 12.8. The van der Waals surface area contributed by atoms with Crippen molar-refractivity contribution in [2.45, 2.75) is 39.1 Å². The van der Waals surface area contributed by atoms with Crippen LogP contribution in [0.1, 0.15) is 65.1 Å². The number of hydrogen-bond acceptors (Lipinski definition) is 17. The average Bonchev–Trinajstić information content (AvgIpc) is 3.42. The fourth-order valence-electron chi connectivity index (χ4n) is 6.97. The first-order valence-corrected chi connectivity index (χ1v) is 22.5. The largest absolute Gasteiger partial charge is 0.495 e. The Hall–Kier alpha value is -9.05. The molecule has 0 saturated heterocycles. The maximum atomic E-state index is 12.8. The molecular weight excluding hydrogens is 945 g/mol. The molecule has 9 rings (SSSR count). The monoisotopic (exact) mass is 998 g/mol. The second-order valence-corrected chi connectivity index (χ2v) is 16.2. The van der Waals surface area contributed by atoms with Crippen LogP contribution in [0.5, 0.6) is 23.0 Å². The number of hydrogen-bond donors (Lipinski definition) is 2. The number of amides is 1. The van der Waals surface area contributed by atoms with E-state index in [0.717, 1.165) is 77.1 Å². The van der Waals surface area contributed by atoms with Crippen molar-refractivity contribution in [3.05, 3.63) is 192 Å². The number of nitrogens with one attached hydrogen (secondary N) is 1. The molecule has 73 heavy (non-hydrogen) atoms. The number of aromatic nitrogens is 8. The molecule has 0 bridgehead atoms. The number of methoxy groups -OCH3 is 3. The van der Waals surface area contributed by atoms with Gasteiger partial charge in [0.05, 0.1) is 63.7 Å². The molecule has 2 aliphatic heterocycles. The highest BCUT2D eigenvalue weighted by molar-refractivity contribution is 5.92. The molecule has 2 aliphatic rings. The fraction of sp³-hybridized carbons (Fsp3) is 0.275. The Morgan fingerprint density at radius 3 is 1.55 bits per heavy atom. The minimum Gasteiger partial charge on any atom is -0.495 e. The molecule has 22 nitrogen and oxygen atoms in total. The van der Waals surface area contributed by atoms with Crippen LogP contribution in [0.15, 0.2) is 125 Å². The number of carboxylic acid groups (broad SMARTS) is 1. The van der Waals surface area contributed by atoms with Crippen LogP contribution in [0.4, 0.5) is 0 Å². The highest BCUT2D eigenvalue weighted by Gasteiger charge is 2.24. The van der Waals surface area contributed by atoms with Crippen LogP contribution >= 0.6 is 0 Å². The molecule has 5 aromatic heterocycles. The van der Waals surface area contributed by atoms with Gasteiger partial charge < -0.3 is 52.7 Å². The van der Waals surface area contributed by atoms with E-state index >= 15 is 0 Å². The standard InChI is InChI=1S/C22H22N4O4.C16H18N2O2.C7H8N2O3.C6H6N2O3/c1-25-13-20(24-11-21(25)27)22(28)26-8-7-15-3-5-18(9-16(15)12-26)30-14-17-4-6-19(29-2)10-23-17;1-19-16-5-3-14(18-10-16)11-20-15-4-2-12-6-7-17-9-13(12)8-15;1-9-4-5(7(11)12-2)8-3-6(9)10;1-8-3-4(6(10)11)7-2-5(8)9/h3-6,9-11,13H,7-8,12,14H2,1-2H3;2-5,8,10,17H,6-7,9,11H2,1H3;3-4H,1-2H3;2-3H,1H3,(H,10,11). The summed E-state index contributed by atoms with van der Waals surface area (Å²) in [5.74, 6) is 1.20. The van der Waals surface area contributed by atoms with Crippen molar-refractivity contribution in [2.75, 3.05) is 34.4 Å². The van der Waals surface area contributed by atoms with Crippen LogP contribution in [-0.2, 0) is 65.0 Å². The normalized spacial score (nSPS) is 12.1. The van der Waals surface area contributed by atoms with Crippen molar-refractivity contribution in [1.82, 2.24) is 48.8 Å². The topological polar surface area (TPSA) is 263 Å². The lowest BCUT2D eigenvalue weighted by Gasteiger charge is -2.29. The van der Waals surface area contributed by atoms with Gasteiger partial charge in [-0.05, 0) is 90.2 Å². The molecular formula is C51H54N10O12. The van der Waals surface area contributed by atoms with Crippen molar-refractivity contribution in [2.24, 2.45) is 21.1 Å². The van der Waals surface area contributed by atoms with Gasteiger partial charge in [0, 0.05) is 59.4 Å². The third-order valence-electron chi connectivity index (χ3n) is 11.1. The third kappa shape index (κ3) is 15.2. The highest BCUT2D eigenvalue weighted by atomic mass is 16.5. The van der Waals surface area contributed by atoms with Gasteiger partial charge in [-0.25, -0.2) is 24.5 Å². The van der Waals surface area contributed by atoms with Crippen molar-refractivity contribution in [3.63, 3.8) is 0 Å². The third-order valence-corrected chi connectivity index (χ3v) is 11.1. The van der Waals surface area contributed by atoms with Gasteiger partial charge in [0.1, 0.15) is 41.9 Å². The quantitative estimate of drug-likeness (QED) is 0.176. The van der Waals surface area contributed by atoms with Crippen molar-refractivity contribution in [3.8, 4) is 23.0 Å². The predicted octanol–water partition coefficient (Wildman–Crippen LogP) is 3.32. The smallest absolute Gasteiger partial charge is 0.358 e. The number of benzene rings is 2. The zero-order valence-corrected chi connectivity index (χ0v) is 41.0. The summed E-state index contributed by atoms with van der Waals surface area (Å²) in [6.07, 6.45) is 12.4. The molecule has 0 fully saturated rings. The lowest BCUT2D eigenvalue weighted by molar-refractivity contribution is 0.0591. The number of aromatic carboxylic acids is 1. The second-order valence-electron chi connectivity index (χ2n) is 16.2. The molecule has 7 aromatic rings. The Bertz CT molecular complexity index is 3210. The second kappa shape index (κ2) is 25.7. The van der Waals surface area contributed by atoms with Crippen molar-refractivity contribution >= 4 is 17.8 Å². The van der Waals surface area contributed by atoms with Gasteiger partial charge in [0.25, 0.3) is 22.6 Å². The number of carboxylic acids is 1. The van der Waals surface area contributed by atoms with Gasteiger partial charge in [-0.3, -0.25) is 29.1 Å². The molecule has 0 aliphatic carbocycles. The van der Waals surface area contributed by atoms with Crippen molar-refractivity contribution < 1.29 is 43.2 Å². The summed E-state index contributed by atoms with van der Waals surface area (Å²) in [6.45, 7) is 3.86. The van der Waals surface area contributed by atoms with Crippen LogP contribution in [0.2, 0.25) is 0 Å². The maximum Gasteiger partial charge on any atom is 0.358 e. The Morgan fingerprint density at radius 1 is 0.575 bits per heavy atom. The summed E-state index contributed by atoms with van der Waals surface area (Å²) < 4.78 is 30.1. The fourth-order valence-corrected chi connectivity index (χ4v) is 6.97.